The number of rotatable bonds is 9. The molecular weight excluding hydrogens is 461 g/mol. The summed E-state index contributed by atoms with van der Waals surface area (Å²) in [4.78, 5) is 33.5. The maximum atomic E-state index is 14.0. The number of thiophene rings is 1. The molecule has 0 saturated carbocycles. The SMILES string of the molecule is CCCC[C@H](CC)C(=O)N1CCN(C(=O)CCN2CCc3sccc3[C@@H]2c2cccc(F)c2)CC1. The summed E-state index contributed by atoms with van der Waals surface area (Å²) in [5, 5.41) is 2.11. The fourth-order valence-electron chi connectivity index (χ4n) is 5.46. The zero-order valence-corrected chi connectivity index (χ0v) is 21.9. The third-order valence-corrected chi connectivity index (χ3v) is 8.53. The Bertz CT molecular complexity index is 1000. The quantitative estimate of drug-likeness (QED) is 0.482. The van der Waals surface area contributed by atoms with Crippen LogP contribution in [-0.4, -0.2) is 65.8 Å². The van der Waals surface area contributed by atoms with Crippen molar-refractivity contribution >= 4 is 23.2 Å². The molecule has 0 radical (unpaired) electrons. The molecule has 4 rings (SSSR count). The van der Waals surface area contributed by atoms with Crippen LogP contribution in [0.5, 0.6) is 0 Å². The lowest BCUT2D eigenvalue weighted by molar-refractivity contribution is -0.142. The summed E-state index contributed by atoms with van der Waals surface area (Å²) in [5.74, 6) is 0.279. The van der Waals surface area contributed by atoms with E-state index in [1.165, 1.54) is 16.5 Å². The fraction of sp³-hybridized carbons (Fsp3) is 0.571. The van der Waals surface area contributed by atoms with E-state index in [0.717, 1.165) is 44.2 Å². The Labute approximate surface area is 212 Å². The van der Waals surface area contributed by atoms with Crippen molar-refractivity contribution in [1.82, 2.24) is 14.7 Å². The number of benzene rings is 1. The van der Waals surface area contributed by atoms with Gasteiger partial charge in [-0.1, -0.05) is 38.8 Å². The lowest BCUT2D eigenvalue weighted by atomic mass is 9.93. The smallest absolute Gasteiger partial charge is 0.225 e. The monoisotopic (exact) mass is 499 g/mol. The average molecular weight is 500 g/mol. The Morgan fingerprint density at radius 3 is 2.57 bits per heavy atom. The van der Waals surface area contributed by atoms with Crippen LogP contribution < -0.4 is 0 Å². The third-order valence-electron chi connectivity index (χ3n) is 7.54. The molecule has 2 aliphatic heterocycles. The summed E-state index contributed by atoms with van der Waals surface area (Å²) in [6, 6.07) is 8.97. The predicted molar refractivity (Wildman–Crippen MR) is 139 cm³/mol. The number of piperazine rings is 1. The van der Waals surface area contributed by atoms with Crippen molar-refractivity contribution in [1.29, 1.82) is 0 Å². The number of hydrogen-bond acceptors (Lipinski definition) is 4. The van der Waals surface area contributed by atoms with Crippen molar-refractivity contribution in [2.75, 3.05) is 39.3 Å². The van der Waals surface area contributed by atoms with Crippen molar-refractivity contribution in [3.63, 3.8) is 0 Å². The Kier molecular flexibility index (Phi) is 8.95. The third kappa shape index (κ3) is 6.12. The molecule has 0 unspecified atom stereocenters. The van der Waals surface area contributed by atoms with E-state index >= 15 is 0 Å². The van der Waals surface area contributed by atoms with Crippen LogP contribution in [0.1, 0.15) is 68.0 Å². The highest BCUT2D eigenvalue weighted by Gasteiger charge is 2.31. The van der Waals surface area contributed by atoms with Crippen LogP contribution in [0.15, 0.2) is 35.7 Å². The molecule has 2 aliphatic rings. The fourth-order valence-corrected chi connectivity index (χ4v) is 6.36. The van der Waals surface area contributed by atoms with Crippen LogP contribution in [0.25, 0.3) is 0 Å². The number of carbonyl (C=O) groups is 2. The molecule has 7 heteroatoms. The van der Waals surface area contributed by atoms with Crippen molar-refractivity contribution in [2.45, 2.75) is 58.4 Å². The second kappa shape index (κ2) is 12.1. The van der Waals surface area contributed by atoms with E-state index < -0.39 is 0 Å². The second-order valence-corrected chi connectivity index (χ2v) is 10.7. The van der Waals surface area contributed by atoms with E-state index in [-0.39, 0.29) is 29.6 Å². The van der Waals surface area contributed by atoms with Gasteiger partial charge in [0.1, 0.15) is 5.82 Å². The van der Waals surface area contributed by atoms with E-state index in [0.29, 0.717) is 39.1 Å². The molecule has 2 amide bonds. The number of fused-ring (bicyclic) bond motifs is 1. The molecule has 3 heterocycles. The number of amides is 2. The van der Waals surface area contributed by atoms with Crippen LogP contribution in [0.2, 0.25) is 0 Å². The average Bonchev–Trinajstić information content (AvgIpc) is 3.36. The van der Waals surface area contributed by atoms with Gasteiger partial charge >= 0.3 is 0 Å². The lowest BCUT2D eigenvalue weighted by Crippen LogP contribution is -2.52. The molecular formula is C28H38FN3O2S. The molecule has 35 heavy (non-hydrogen) atoms. The lowest BCUT2D eigenvalue weighted by Gasteiger charge is -2.38. The van der Waals surface area contributed by atoms with Gasteiger partial charge < -0.3 is 9.80 Å². The van der Waals surface area contributed by atoms with Gasteiger partial charge in [-0.3, -0.25) is 14.5 Å². The Morgan fingerprint density at radius 2 is 1.86 bits per heavy atom. The largest absolute Gasteiger partial charge is 0.339 e. The first kappa shape index (κ1) is 25.8. The predicted octanol–water partition coefficient (Wildman–Crippen LogP) is 5.11. The Balaban J connectivity index is 1.33. The topological polar surface area (TPSA) is 43.9 Å². The van der Waals surface area contributed by atoms with Gasteiger partial charge in [-0.15, -0.1) is 11.3 Å². The van der Waals surface area contributed by atoms with Crippen LogP contribution in [0.4, 0.5) is 4.39 Å². The highest BCUT2D eigenvalue weighted by Crippen LogP contribution is 2.38. The minimum absolute atomic E-state index is 0.0166. The first-order valence-electron chi connectivity index (χ1n) is 13.1. The molecule has 1 saturated heterocycles. The first-order chi connectivity index (χ1) is 17.0. The zero-order valence-electron chi connectivity index (χ0n) is 21.0. The van der Waals surface area contributed by atoms with Gasteiger partial charge in [0, 0.05) is 56.5 Å². The van der Waals surface area contributed by atoms with Gasteiger partial charge in [0.25, 0.3) is 0 Å². The molecule has 190 valence electrons. The van der Waals surface area contributed by atoms with E-state index in [4.69, 9.17) is 0 Å². The van der Waals surface area contributed by atoms with Gasteiger partial charge in [-0.25, -0.2) is 4.39 Å². The molecule has 0 bridgehead atoms. The van der Waals surface area contributed by atoms with E-state index in [9.17, 15) is 14.0 Å². The molecule has 1 fully saturated rings. The summed E-state index contributed by atoms with van der Waals surface area (Å²) < 4.78 is 14.0. The normalized spacial score (nSPS) is 19.5. The van der Waals surface area contributed by atoms with E-state index in [1.807, 2.05) is 15.9 Å². The standard InChI is InChI=1S/C28H38FN3O2S/c1-3-5-7-21(4-2)28(34)32-17-15-30(16-18-32)26(33)11-14-31-13-10-25-24(12-19-35-25)27(31)22-8-6-9-23(29)20-22/h6,8-9,12,19-21,27H,3-5,7,10-11,13-18H2,1-2H3/t21-,27-/m0/s1. The molecule has 1 aromatic carbocycles. The summed E-state index contributed by atoms with van der Waals surface area (Å²) in [6.45, 7) is 8.22. The molecule has 0 N–H and O–H groups in total. The highest BCUT2D eigenvalue weighted by molar-refractivity contribution is 7.10. The molecule has 2 atom stereocenters. The molecule has 2 aromatic rings. The maximum absolute atomic E-state index is 14.0. The summed E-state index contributed by atoms with van der Waals surface area (Å²) in [5.41, 5.74) is 2.18. The van der Waals surface area contributed by atoms with Gasteiger partial charge in [0.15, 0.2) is 0 Å². The van der Waals surface area contributed by atoms with E-state index in [1.54, 1.807) is 23.5 Å². The Hall–Kier alpha value is -2.25. The number of halogens is 1. The van der Waals surface area contributed by atoms with Crippen molar-refractivity contribution in [2.24, 2.45) is 5.92 Å². The number of unbranched alkanes of at least 4 members (excludes halogenated alkanes) is 1. The van der Waals surface area contributed by atoms with E-state index in [2.05, 4.69) is 30.2 Å². The van der Waals surface area contributed by atoms with Gasteiger partial charge in [0.2, 0.25) is 11.8 Å². The van der Waals surface area contributed by atoms with Gasteiger partial charge in [-0.2, -0.15) is 0 Å². The summed E-state index contributed by atoms with van der Waals surface area (Å²) >= 11 is 1.76. The van der Waals surface area contributed by atoms with Crippen LogP contribution in [0, 0.1) is 11.7 Å². The summed E-state index contributed by atoms with van der Waals surface area (Å²) in [6.07, 6.45) is 5.43. The van der Waals surface area contributed by atoms with Crippen molar-refractivity contribution in [3.8, 4) is 0 Å². The van der Waals surface area contributed by atoms with Crippen molar-refractivity contribution < 1.29 is 14.0 Å². The van der Waals surface area contributed by atoms with Crippen LogP contribution in [-0.2, 0) is 16.0 Å². The van der Waals surface area contributed by atoms with Crippen LogP contribution >= 0.6 is 11.3 Å². The maximum Gasteiger partial charge on any atom is 0.225 e. The molecule has 1 aromatic heterocycles. The van der Waals surface area contributed by atoms with Crippen LogP contribution in [0.3, 0.4) is 0 Å². The van der Waals surface area contributed by atoms with Crippen molar-refractivity contribution in [3.05, 3.63) is 57.5 Å². The Morgan fingerprint density at radius 1 is 1.09 bits per heavy atom. The molecule has 5 nitrogen and oxygen atoms in total. The minimum atomic E-state index is -0.228. The van der Waals surface area contributed by atoms with Gasteiger partial charge in [0.05, 0.1) is 6.04 Å². The number of hydrogen-bond donors (Lipinski definition) is 0. The molecule has 0 spiro atoms. The zero-order chi connectivity index (χ0) is 24.8. The minimum Gasteiger partial charge on any atom is -0.339 e. The number of carbonyl (C=O) groups excluding carboxylic acids is 2. The second-order valence-electron chi connectivity index (χ2n) is 9.75. The first-order valence-corrected chi connectivity index (χ1v) is 14.0. The van der Waals surface area contributed by atoms with Gasteiger partial charge in [-0.05, 0) is 54.0 Å². The summed E-state index contributed by atoms with van der Waals surface area (Å²) in [7, 11) is 0. The molecule has 0 aliphatic carbocycles. The highest BCUT2D eigenvalue weighted by atomic mass is 32.1. The number of nitrogens with zero attached hydrogens (tertiary/aromatic N) is 3.